The highest BCUT2D eigenvalue weighted by atomic mass is 32.2. The van der Waals surface area contributed by atoms with Crippen LogP contribution in [0.15, 0.2) is 36.5 Å². The van der Waals surface area contributed by atoms with Gasteiger partial charge in [-0.2, -0.15) is 0 Å². The molecule has 3 N–H and O–H groups in total. The van der Waals surface area contributed by atoms with Crippen molar-refractivity contribution in [3.8, 4) is 0 Å². The molecular weight excluding hydrogens is 250 g/mol. The zero-order chi connectivity index (χ0) is 13.2. The van der Waals surface area contributed by atoms with Gasteiger partial charge >= 0.3 is 0 Å². The van der Waals surface area contributed by atoms with Gasteiger partial charge in [-0.05, 0) is 23.8 Å². The van der Waals surface area contributed by atoms with Crippen LogP contribution in [0.3, 0.4) is 0 Å². The summed E-state index contributed by atoms with van der Waals surface area (Å²) in [5.41, 5.74) is 4.25. The topological polar surface area (TPSA) is 85.1 Å². The smallest absolute Gasteiger partial charge is 0.149 e. The van der Waals surface area contributed by atoms with Crippen molar-refractivity contribution in [3.63, 3.8) is 0 Å². The molecule has 1 atom stereocenters. The molecule has 18 heavy (non-hydrogen) atoms. The number of nitrogens with zero attached hydrogens (tertiary/aromatic N) is 1. The zero-order valence-electron chi connectivity index (χ0n) is 10.00. The van der Waals surface area contributed by atoms with Crippen molar-refractivity contribution in [2.45, 2.75) is 6.04 Å². The van der Waals surface area contributed by atoms with Crippen LogP contribution in [-0.4, -0.2) is 25.4 Å². The zero-order valence-corrected chi connectivity index (χ0v) is 10.8. The lowest BCUT2D eigenvalue weighted by Gasteiger charge is -2.15. The first-order valence-electron chi connectivity index (χ1n) is 5.48. The summed E-state index contributed by atoms with van der Waals surface area (Å²) < 4.78 is 22.7. The number of pyridine rings is 1. The average Bonchev–Trinajstić information content (AvgIpc) is 2.34. The van der Waals surface area contributed by atoms with Crippen molar-refractivity contribution in [2.75, 3.05) is 12.0 Å². The van der Waals surface area contributed by atoms with E-state index in [1.165, 1.54) is 6.26 Å². The number of fused-ring (bicyclic) bond motifs is 1. The maximum atomic E-state index is 11.3. The molecule has 0 saturated heterocycles. The van der Waals surface area contributed by atoms with Gasteiger partial charge in [-0.3, -0.25) is 16.3 Å². The monoisotopic (exact) mass is 265 g/mol. The number of sulfone groups is 1. The minimum atomic E-state index is -3.09. The molecule has 0 aliphatic rings. The Labute approximate surface area is 106 Å². The van der Waals surface area contributed by atoms with Crippen molar-refractivity contribution in [2.24, 2.45) is 5.84 Å². The second kappa shape index (κ2) is 5.01. The summed E-state index contributed by atoms with van der Waals surface area (Å²) in [6.07, 6.45) is 2.91. The van der Waals surface area contributed by atoms with E-state index in [1.54, 1.807) is 6.20 Å². The van der Waals surface area contributed by atoms with Crippen LogP contribution in [0.4, 0.5) is 0 Å². The summed E-state index contributed by atoms with van der Waals surface area (Å²) >= 11 is 0. The molecule has 6 heteroatoms. The molecule has 0 saturated carbocycles. The van der Waals surface area contributed by atoms with Gasteiger partial charge < -0.3 is 0 Å². The number of hydrogen-bond donors (Lipinski definition) is 2. The Balaban J connectivity index is 2.39. The number of benzene rings is 1. The molecule has 2 aromatic rings. The molecule has 96 valence electrons. The normalized spacial score (nSPS) is 13.7. The van der Waals surface area contributed by atoms with E-state index in [2.05, 4.69) is 10.4 Å². The Kier molecular flexibility index (Phi) is 3.60. The van der Waals surface area contributed by atoms with Gasteiger partial charge in [0.15, 0.2) is 0 Å². The summed E-state index contributed by atoms with van der Waals surface area (Å²) in [4.78, 5) is 4.21. The van der Waals surface area contributed by atoms with E-state index in [0.717, 1.165) is 16.5 Å². The summed E-state index contributed by atoms with van der Waals surface area (Å²) in [5, 5.41) is 0.962. The second-order valence-corrected chi connectivity index (χ2v) is 6.45. The first kappa shape index (κ1) is 12.9. The Morgan fingerprint density at radius 1 is 1.39 bits per heavy atom. The lowest BCUT2D eigenvalue weighted by Crippen LogP contribution is -2.32. The predicted molar refractivity (Wildman–Crippen MR) is 71.5 cm³/mol. The molecule has 0 aliphatic heterocycles. The van der Waals surface area contributed by atoms with Crippen LogP contribution in [0.2, 0.25) is 0 Å². The quantitative estimate of drug-likeness (QED) is 0.630. The summed E-state index contributed by atoms with van der Waals surface area (Å²) in [6, 6.07) is 8.96. The molecular formula is C12H15N3O2S. The lowest BCUT2D eigenvalue weighted by atomic mass is 10.1. The van der Waals surface area contributed by atoms with Crippen LogP contribution in [-0.2, 0) is 9.84 Å². The highest BCUT2D eigenvalue weighted by molar-refractivity contribution is 7.90. The first-order valence-corrected chi connectivity index (χ1v) is 7.54. The number of nitrogens with two attached hydrogens (primary N) is 1. The molecule has 0 radical (unpaired) electrons. The fourth-order valence-corrected chi connectivity index (χ4v) is 2.75. The number of aromatic nitrogens is 1. The van der Waals surface area contributed by atoms with Gasteiger partial charge in [0, 0.05) is 17.8 Å². The largest absolute Gasteiger partial charge is 0.271 e. The van der Waals surface area contributed by atoms with Crippen LogP contribution in [0, 0.1) is 0 Å². The van der Waals surface area contributed by atoms with E-state index in [9.17, 15) is 8.42 Å². The highest BCUT2D eigenvalue weighted by Gasteiger charge is 2.16. The van der Waals surface area contributed by atoms with Gasteiger partial charge in [-0.15, -0.1) is 0 Å². The van der Waals surface area contributed by atoms with Gasteiger partial charge in [0.2, 0.25) is 0 Å². The Hall–Kier alpha value is -1.50. The fraction of sp³-hybridized carbons (Fsp3) is 0.250. The number of hydrazine groups is 1. The Morgan fingerprint density at radius 3 is 2.83 bits per heavy atom. The summed E-state index contributed by atoms with van der Waals surface area (Å²) in [7, 11) is -3.09. The predicted octanol–water partition coefficient (Wildman–Crippen LogP) is 0.784. The molecule has 1 unspecified atom stereocenters. The van der Waals surface area contributed by atoms with Crippen molar-refractivity contribution < 1.29 is 8.42 Å². The molecule has 0 spiro atoms. The number of hydrogen-bond acceptors (Lipinski definition) is 5. The van der Waals surface area contributed by atoms with Crippen molar-refractivity contribution in [1.82, 2.24) is 10.4 Å². The molecule has 0 bridgehead atoms. The van der Waals surface area contributed by atoms with Crippen molar-refractivity contribution in [3.05, 3.63) is 42.1 Å². The van der Waals surface area contributed by atoms with E-state index in [-0.39, 0.29) is 5.75 Å². The minimum Gasteiger partial charge on any atom is -0.271 e. The maximum Gasteiger partial charge on any atom is 0.149 e. The Bertz CT molecular complexity index is 655. The van der Waals surface area contributed by atoms with E-state index in [4.69, 9.17) is 5.84 Å². The van der Waals surface area contributed by atoms with E-state index >= 15 is 0 Å². The number of rotatable bonds is 4. The third-order valence-electron chi connectivity index (χ3n) is 2.70. The Morgan fingerprint density at radius 2 is 2.17 bits per heavy atom. The summed E-state index contributed by atoms with van der Waals surface area (Å²) in [5.74, 6) is 5.39. The van der Waals surface area contributed by atoms with Gasteiger partial charge in [-0.1, -0.05) is 12.1 Å². The standard InChI is InChI=1S/C12H15N3O2S/c1-18(16,17)8-12(15-13)10-4-5-11-9(7-10)3-2-6-14-11/h2-7,12,15H,8,13H2,1H3. The van der Waals surface area contributed by atoms with Gasteiger partial charge in [0.25, 0.3) is 0 Å². The van der Waals surface area contributed by atoms with Crippen LogP contribution < -0.4 is 11.3 Å². The SMILES string of the molecule is CS(=O)(=O)CC(NN)c1ccc2ncccc2c1. The van der Waals surface area contributed by atoms with Crippen molar-refractivity contribution in [1.29, 1.82) is 0 Å². The van der Waals surface area contributed by atoms with Crippen LogP contribution in [0.25, 0.3) is 10.9 Å². The average molecular weight is 265 g/mol. The molecule has 0 amide bonds. The molecule has 5 nitrogen and oxygen atoms in total. The molecule has 2 rings (SSSR count). The fourth-order valence-electron chi connectivity index (χ4n) is 1.85. The number of nitrogens with one attached hydrogen (secondary N) is 1. The minimum absolute atomic E-state index is 0.0325. The van der Waals surface area contributed by atoms with Crippen LogP contribution >= 0.6 is 0 Å². The lowest BCUT2D eigenvalue weighted by molar-refractivity contribution is 0.564. The first-order chi connectivity index (χ1) is 8.49. The van der Waals surface area contributed by atoms with Gasteiger partial charge in [0.1, 0.15) is 9.84 Å². The van der Waals surface area contributed by atoms with E-state index < -0.39 is 15.9 Å². The molecule has 0 aliphatic carbocycles. The van der Waals surface area contributed by atoms with Gasteiger partial charge in [0.05, 0.1) is 17.3 Å². The maximum absolute atomic E-state index is 11.3. The third-order valence-corrected chi connectivity index (χ3v) is 3.64. The van der Waals surface area contributed by atoms with Crippen LogP contribution in [0.5, 0.6) is 0 Å². The molecule has 0 fully saturated rings. The van der Waals surface area contributed by atoms with Crippen molar-refractivity contribution >= 4 is 20.7 Å². The summed E-state index contributed by atoms with van der Waals surface area (Å²) in [6.45, 7) is 0. The highest BCUT2D eigenvalue weighted by Crippen LogP contribution is 2.19. The van der Waals surface area contributed by atoms with Crippen LogP contribution in [0.1, 0.15) is 11.6 Å². The van der Waals surface area contributed by atoms with Gasteiger partial charge in [-0.25, -0.2) is 8.42 Å². The molecule has 1 aromatic carbocycles. The molecule has 1 aromatic heterocycles. The van der Waals surface area contributed by atoms with E-state index in [1.807, 2.05) is 30.3 Å². The van der Waals surface area contributed by atoms with E-state index in [0.29, 0.717) is 0 Å². The molecule has 1 heterocycles. The second-order valence-electron chi connectivity index (χ2n) is 4.27. The third kappa shape index (κ3) is 3.04.